The summed E-state index contributed by atoms with van der Waals surface area (Å²) in [6.07, 6.45) is 0. The van der Waals surface area contributed by atoms with Crippen molar-refractivity contribution in [1.82, 2.24) is 0 Å². The summed E-state index contributed by atoms with van der Waals surface area (Å²) in [6.45, 7) is -0.401. The number of hydrogen-bond donors (Lipinski definition) is 0. The maximum absolute atomic E-state index is 12.4. The van der Waals surface area contributed by atoms with Crippen molar-refractivity contribution < 1.29 is 28.5 Å². The average Bonchev–Trinajstić information content (AvgIpc) is 2.70. The van der Waals surface area contributed by atoms with Crippen molar-refractivity contribution in [2.24, 2.45) is 0 Å². The molecule has 0 heterocycles. The molecule has 0 unspecified atom stereocenters. The standard InChI is InChI=1S/C19H21NO6/c1-20(13-8-6-5-7-9-13)16(21)12-26-19(22)14-10-11-15(23-2)18(25-4)17(14)24-3/h5-11H,12H2,1-4H3. The Balaban J connectivity index is 2.12. The van der Waals surface area contributed by atoms with Crippen molar-refractivity contribution in [3.05, 3.63) is 48.0 Å². The van der Waals surface area contributed by atoms with Crippen molar-refractivity contribution in [2.45, 2.75) is 0 Å². The van der Waals surface area contributed by atoms with E-state index in [1.165, 1.54) is 32.3 Å². The number of carbonyl (C=O) groups excluding carboxylic acids is 2. The molecule has 0 saturated heterocycles. The molecule has 1 amide bonds. The van der Waals surface area contributed by atoms with E-state index in [1.54, 1.807) is 25.2 Å². The number of benzene rings is 2. The smallest absolute Gasteiger partial charge is 0.342 e. The monoisotopic (exact) mass is 359 g/mol. The van der Waals surface area contributed by atoms with Gasteiger partial charge in [-0.15, -0.1) is 0 Å². The van der Waals surface area contributed by atoms with Crippen LogP contribution in [0.4, 0.5) is 5.69 Å². The van der Waals surface area contributed by atoms with Crippen LogP contribution in [0.1, 0.15) is 10.4 Å². The van der Waals surface area contributed by atoms with Gasteiger partial charge in [0.2, 0.25) is 5.75 Å². The van der Waals surface area contributed by atoms with E-state index in [0.29, 0.717) is 11.4 Å². The van der Waals surface area contributed by atoms with Gasteiger partial charge in [-0.1, -0.05) is 18.2 Å². The second-order valence-electron chi connectivity index (χ2n) is 5.25. The highest BCUT2D eigenvalue weighted by Gasteiger charge is 2.23. The number of anilines is 1. The van der Waals surface area contributed by atoms with Crippen LogP contribution in [0.15, 0.2) is 42.5 Å². The van der Waals surface area contributed by atoms with Gasteiger partial charge in [0.25, 0.3) is 5.91 Å². The maximum atomic E-state index is 12.4. The molecule has 0 radical (unpaired) electrons. The molecule has 2 aromatic rings. The quantitative estimate of drug-likeness (QED) is 0.707. The molecule has 0 bridgehead atoms. The first-order valence-corrected chi connectivity index (χ1v) is 7.81. The average molecular weight is 359 g/mol. The predicted molar refractivity (Wildman–Crippen MR) is 96.2 cm³/mol. The molecule has 0 spiro atoms. The molecular weight excluding hydrogens is 338 g/mol. The Morgan fingerprint density at radius 2 is 1.54 bits per heavy atom. The van der Waals surface area contributed by atoms with Crippen molar-refractivity contribution in [3.63, 3.8) is 0 Å². The molecule has 0 N–H and O–H groups in total. The summed E-state index contributed by atoms with van der Waals surface area (Å²) in [5.74, 6) is -0.180. The van der Waals surface area contributed by atoms with E-state index in [2.05, 4.69) is 0 Å². The highest BCUT2D eigenvalue weighted by atomic mass is 16.5. The van der Waals surface area contributed by atoms with Crippen molar-refractivity contribution >= 4 is 17.6 Å². The minimum Gasteiger partial charge on any atom is -0.493 e. The summed E-state index contributed by atoms with van der Waals surface area (Å²) in [4.78, 5) is 26.0. The second kappa shape index (κ2) is 8.75. The van der Waals surface area contributed by atoms with E-state index in [9.17, 15) is 9.59 Å². The van der Waals surface area contributed by atoms with Crippen LogP contribution in [0.25, 0.3) is 0 Å². The molecule has 0 aliphatic carbocycles. The summed E-state index contributed by atoms with van der Waals surface area (Å²) in [5, 5.41) is 0. The first-order chi connectivity index (χ1) is 12.5. The zero-order valence-electron chi connectivity index (χ0n) is 15.1. The predicted octanol–water partition coefficient (Wildman–Crippen LogP) is 2.53. The molecule has 0 aliphatic heterocycles. The van der Waals surface area contributed by atoms with E-state index in [0.717, 1.165) is 0 Å². The Morgan fingerprint density at radius 1 is 0.885 bits per heavy atom. The minimum absolute atomic E-state index is 0.139. The lowest BCUT2D eigenvalue weighted by Gasteiger charge is -2.18. The van der Waals surface area contributed by atoms with Crippen LogP contribution in [0.2, 0.25) is 0 Å². The zero-order valence-corrected chi connectivity index (χ0v) is 15.1. The van der Waals surface area contributed by atoms with Crippen LogP contribution in [-0.4, -0.2) is 46.9 Å². The van der Waals surface area contributed by atoms with Gasteiger partial charge in [0.05, 0.1) is 21.3 Å². The molecule has 0 aliphatic rings. The molecule has 2 aromatic carbocycles. The largest absolute Gasteiger partial charge is 0.493 e. The van der Waals surface area contributed by atoms with Crippen molar-refractivity contribution in [1.29, 1.82) is 0 Å². The van der Waals surface area contributed by atoms with Gasteiger partial charge in [-0.25, -0.2) is 4.79 Å². The summed E-state index contributed by atoms with van der Waals surface area (Å²) < 4.78 is 20.8. The number of rotatable bonds is 7. The van der Waals surface area contributed by atoms with E-state index < -0.39 is 12.6 Å². The number of hydrogen-bond acceptors (Lipinski definition) is 6. The van der Waals surface area contributed by atoms with E-state index in [1.807, 2.05) is 18.2 Å². The Bertz CT molecular complexity index is 775. The Labute approximate surface area is 152 Å². The molecule has 7 nitrogen and oxygen atoms in total. The van der Waals surface area contributed by atoms with Crippen LogP contribution < -0.4 is 19.1 Å². The number of ether oxygens (including phenoxy) is 4. The molecular formula is C19H21NO6. The first kappa shape index (κ1) is 19.1. The number of likely N-dealkylation sites (N-methyl/N-ethyl adjacent to an activating group) is 1. The van der Waals surface area contributed by atoms with E-state index in [4.69, 9.17) is 18.9 Å². The van der Waals surface area contributed by atoms with Crippen molar-refractivity contribution in [2.75, 3.05) is 39.9 Å². The Hall–Kier alpha value is -3.22. The summed E-state index contributed by atoms with van der Waals surface area (Å²) in [5.41, 5.74) is 0.845. The lowest BCUT2D eigenvalue weighted by molar-refractivity contribution is -0.121. The fourth-order valence-electron chi connectivity index (χ4n) is 2.36. The van der Waals surface area contributed by atoms with E-state index in [-0.39, 0.29) is 23.0 Å². The third-order valence-corrected chi connectivity index (χ3v) is 3.77. The molecule has 0 saturated carbocycles. The Morgan fingerprint density at radius 3 is 2.12 bits per heavy atom. The Kier molecular flexibility index (Phi) is 6.43. The molecule has 0 aromatic heterocycles. The summed E-state index contributed by atoms with van der Waals surface area (Å²) >= 11 is 0. The molecule has 0 fully saturated rings. The lowest BCUT2D eigenvalue weighted by Crippen LogP contribution is -2.31. The fraction of sp³-hybridized carbons (Fsp3) is 0.263. The number of nitrogens with zero attached hydrogens (tertiary/aromatic N) is 1. The maximum Gasteiger partial charge on any atom is 0.342 e. The number of esters is 1. The topological polar surface area (TPSA) is 74.3 Å². The van der Waals surface area contributed by atoms with Gasteiger partial charge in [-0.05, 0) is 24.3 Å². The molecule has 26 heavy (non-hydrogen) atoms. The highest BCUT2D eigenvalue weighted by molar-refractivity contribution is 5.98. The zero-order chi connectivity index (χ0) is 19.1. The summed E-state index contributed by atoms with van der Waals surface area (Å²) in [7, 11) is 5.94. The lowest BCUT2D eigenvalue weighted by atomic mass is 10.1. The van der Waals surface area contributed by atoms with Gasteiger partial charge in [-0.3, -0.25) is 4.79 Å². The van der Waals surface area contributed by atoms with Crippen LogP contribution in [0.5, 0.6) is 17.2 Å². The molecule has 2 rings (SSSR count). The van der Waals surface area contributed by atoms with Crippen LogP contribution in [0, 0.1) is 0 Å². The first-order valence-electron chi connectivity index (χ1n) is 7.81. The SMILES string of the molecule is COc1ccc(C(=O)OCC(=O)N(C)c2ccccc2)c(OC)c1OC. The number of methoxy groups -OCH3 is 3. The molecule has 138 valence electrons. The van der Waals surface area contributed by atoms with Crippen LogP contribution in [0.3, 0.4) is 0 Å². The third-order valence-electron chi connectivity index (χ3n) is 3.77. The van der Waals surface area contributed by atoms with Gasteiger partial charge in [0.1, 0.15) is 5.56 Å². The number of amides is 1. The number of para-hydroxylation sites is 1. The minimum atomic E-state index is -0.697. The normalized spacial score (nSPS) is 10.0. The van der Waals surface area contributed by atoms with Gasteiger partial charge in [0, 0.05) is 12.7 Å². The van der Waals surface area contributed by atoms with Crippen LogP contribution >= 0.6 is 0 Å². The van der Waals surface area contributed by atoms with Gasteiger partial charge >= 0.3 is 5.97 Å². The second-order valence-corrected chi connectivity index (χ2v) is 5.25. The fourth-order valence-corrected chi connectivity index (χ4v) is 2.36. The van der Waals surface area contributed by atoms with Gasteiger partial charge in [-0.2, -0.15) is 0 Å². The van der Waals surface area contributed by atoms with Gasteiger partial charge < -0.3 is 23.8 Å². The van der Waals surface area contributed by atoms with E-state index >= 15 is 0 Å². The summed E-state index contributed by atoms with van der Waals surface area (Å²) in [6, 6.07) is 12.1. The highest BCUT2D eigenvalue weighted by Crippen LogP contribution is 2.39. The number of carbonyl (C=O) groups is 2. The van der Waals surface area contributed by atoms with Crippen LogP contribution in [-0.2, 0) is 9.53 Å². The van der Waals surface area contributed by atoms with Crippen molar-refractivity contribution in [3.8, 4) is 17.2 Å². The van der Waals surface area contributed by atoms with Gasteiger partial charge in [0.15, 0.2) is 18.1 Å². The molecule has 0 atom stereocenters. The molecule has 7 heteroatoms. The third kappa shape index (κ3) is 4.05.